The number of rotatable bonds is 5. The van der Waals surface area contributed by atoms with E-state index in [-0.39, 0.29) is 0 Å². The fourth-order valence-corrected chi connectivity index (χ4v) is 4.67. The molecule has 0 amide bonds. The molecule has 0 saturated heterocycles. The Morgan fingerprint density at radius 3 is 2.78 bits per heavy atom. The monoisotopic (exact) mass is 429 g/mol. The Morgan fingerprint density at radius 2 is 2.03 bits per heavy atom. The lowest BCUT2D eigenvalue weighted by Gasteiger charge is -2.30. The van der Waals surface area contributed by atoms with Crippen molar-refractivity contribution in [2.75, 3.05) is 32.2 Å². The quantitative estimate of drug-likeness (QED) is 0.450. The van der Waals surface area contributed by atoms with E-state index in [1.165, 1.54) is 7.11 Å². The first-order valence-electron chi connectivity index (χ1n) is 10.4. The molecule has 0 spiro atoms. The van der Waals surface area contributed by atoms with Crippen LogP contribution in [0.5, 0.6) is 5.75 Å². The van der Waals surface area contributed by atoms with E-state index in [2.05, 4.69) is 39.8 Å². The molecule has 4 aromatic rings. The number of benzene rings is 2. The molecule has 0 saturated carbocycles. The zero-order valence-corrected chi connectivity index (χ0v) is 18.3. The smallest absolute Gasteiger partial charge is 0.338 e. The number of anilines is 1. The molecule has 0 bridgehead atoms. The summed E-state index contributed by atoms with van der Waals surface area (Å²) in [6.07, 6.45) is 0.497. The topological polar surface area (TPSA) is 85.3 Å². The molecule has 0 unspecified atom stereocenters. The van der Waals surface area contributed by atoms with Gasteiger partial charge in [-0.3, -0.25) is 0 Å². The third kappa shape index (κ3) is 2.89. The average Bonchev–Trinajstić information content (AvgIpc) is 3.36. The van der Waals surface area contributed by atoms with Gasteiger partial charge in [0.2, 0.25) is 0 Å². The Kier molecular flexibility index (Phi) is 4.74. The van der Waals surface area contributed by atoms with Crippen molar-refractivity contribution in [3.05, 3.63) is 42.0 Å². The number of esters is 1. The summed E-state index contributed by atoms with van der Waals surface area (Å²) < 4.78 is 14.8. The molecule has 3 heterocycles. The zero-order chi connectivity index (χ0) is 22.4. The first-order valence-corrected chi connectivity index (χ1v) is 10.4. The highest BCUT2D eigenvalue weighted by molar-refractivity contribution is 5.99. The maximum absolute atomic E-state index is 12.1. The molecular formula is C24H23N5O3. The number of methoxy groups -OCH3 is 2. The predicted molar refractivity (Wildman–Crippen MR) is 122 cm³/mol. The molecule has 2 aromatic heterocycles. The highest BCUT2D eigenvalue weighted by atomic mass is 16.5. The van der Waals surface area contributed by atoms with Gasteiger partial charge in [-0.1, -0.05) is 12.1 Å². The summed E-state index contributed by atoms with van der Waals surface area (Å²) in [5.41, 5.74) is 5.19. The van der Waals surface area contributed by atoms with E-state index in [1.807, 2.05) is 11.6 Å². The number of carbonyl (C=O) groups is 1. The van der Waals surface area contributed by atoms with Crippen molar-refractivity contribution >= 4 is 33.6 Å². The Balaban J connectivity index is 1.71. The van der Waals surface area contributed by atoms with Crippen LogP contribution in [0.15, 0.2) is 36.4 Å². The van der Waals surface area contributed by atoms with Crippen molar-refractivity contribution in [1.82, 2.24) is 14.1 Å². The van der Waals surface area contributed by atoms with E-state index in [4.69, 9.17) is 19.7 Å². The number of fused-ring (bicyclic) bond motifs is 1. The molecule has 0 aliphatic carbocycles. The minimum atomic E-state index is -0.428. The largest absolute Gasteiger partial charge is 0.494 e. The fourth-order valence-electron chi connectivity index (χ4n) is 4.67. The highest BCUT2D eigenvalue weighted by Gasteiger charge is 2.25. The lowest BCUT2D eigenvalue weighted by Crippen LogP contribution is -2.32. The van der Waals surface area contributed by atoms with Gasteiger partial charge in [0.15, 0.2) is 5.82 Å². The van der Waals surface area contributed by atoms with Crippen molar-refractivity contribution < 1.29 is 14.3 Å². The van der Waals surface area contributed by atoms with Gasteiger partial charge >= 0.3 is 5.97 Å². The molecule has 8 nitrogen and oxygen atoms in total. The second-order valence-electron chi connectivity index (χ2n) is 7.82. The normalized spacial score (nSPS) is 12.9. The van der Waals surface area contributed by atoms with E-state index in [0.29, 0.717) is 23.3 Å². The first kappa shape index (κ1) is 19.9. The molecule has 162 valence electrons. The molecule has 5 rings (SSSR count). The van der Waals surface area contributed by atoms with Crippen LogP contribution >= 0.6 is 0 Å². The van der Waals surface area contributed by atoms with Crippen LogP contribution in [0.4, 0.5) is 5.69 Å². The average molecular weight is 429 g/mol. The van der Waals surface area contributed by atoms with Gasteiger partial charge in [0, 0.05) is 32.1 Å². The maximum Gasteiger partial charge on any atom is 0.338 e. The molecule has 2 aromatic carbocycles. The van der Waals surface area contributed by atoms with Gasteiger partial charge in [-0.2, -0.15) is 5.26 Å². The van der Waals surface area contributed by atoms with Crippen molar-refractivity contribution in [3.63, 3.8) is 0 Å². The summed E-state index contributed by atoms with van der Waals surface area (Å²) in [7, 11) is 4.90. The predicted octanol–water partition coefficient (Wildman–Crippen LogP) is 3.72. The van der Waals surface area contributed by atoms with Crippen LogP contribution in [0.25, 0.3) is 33.5 Å². The number of ether oxygens (including phenoxy) is 2. The van der Waals surface area contributed by atoms with Gasteiger partial charge in [0.05, 0.1) is 54.7 Å². The van der Waals surface area contributed by atoms with Gasteiger partial charge in [0.1, 0.15) is 11.3 Å². The molecule has 0 radical (unpaired) electrons. The number of nitriles is 1. The molecule has 0 atom stereocenters. The summed E-state index contributed by atoms with van der Waals surface area (Å²) in [4.78, 5) is 19.3. The number of hydrogen-bond acceptors (Lipinski definition) is 6. The molecule has 0 fully saturated rings. The van der Waals surface area contributed by atoms with Crippen LogP contribution in [-0.4, -0.2) is 47.4 Å². The Hall–Kier alpha value is -3.99. The van der Waals surface area contributed by atoms with Crippen LogP contribution in [0, 0.1) is 11.3 Å². The van der Waals surface area contributed by atoms with Crippen LogP contribution in [-0.2, 0) is 18.3 Å². The van der Waals surface area contributed by atoms with Gasteiger partial charge in [-0.25, -0.2) is 9.78 Å². The Morgan fingerprint density at radius 1 is 1.19 bits per heavy atom. The third-order valence-electron chi connectivity index (χ3n) is 6.13. The molecule has 32 heavy (non-hydrogen) atoms. The van der Waals surface area contributed by atoms with Crippen LogP contribution in [0.1, 0.15) is 16.8 Å². The summed E-state index contributed by atoms with van der Waals surface area (Å²) in [5, 5.41) is 10.2. The number of hydrogen-bond donors (Lipinski definition) is 0. The maximum atomic E-state index is 12.1. The number of nitrogens with zero attached hydrogens (tertiary/aromatic N) is 5. The highest BCUT2D eigenvalue weighted by Crippen LogP contribution is 2.38. The molecular weight excluding hydrogens is 406 g/mol. The minimum Gasteiger partial charge on any atom is -0.494 e. The Bertz CT molecular complexity index is 1410. The second kappa shape index (κ2) is 7.61. The zero-order valence-electron chi connectivity index (χ0n) is 18.3. The van der Waals surface area contributed by atoms with Gasteiger partial charge < -0.3 is 23.5 Å². The fraction of sp³-hybridized carbons (Fsp3) is 0.292. The minimum absolute atomic E-state index is 0.401. The van der Waals surface area contributed by atoms with Gasteiger partial charge in [0.25, 0.3) is 0 Å². The van der Waals surface area contributed by atoms with Crippen LogP contribution in [0.2, 0.25) is 0 Å². The van der Waals surface area contributed by atoms with E-state index < -0.39 is 5.97 Å². The number of imidazole rings is 1. The SMILES string of the molecule is COC(=O)c1cc(OC)c2c(c1)nc(-c1cc3cccc4c3n1CCN4CCC#N)n2C. The number of para-hydroxylation sites is 1. The van der Waals surface area contributed by atoms with Crippen LogP contribution in [0.3, 0.4) is 0 Å². The Labute approximate surface area is 185 Å². The lowest BCUT2D eigenvalue weighted by molar-refractivity contribution is 0.0600. The molecule has 1 aliphatic heterocycles. The number of aryl methyl sites for hydroxylation is 1. The molecule has 8 heteroatoms. The second-order valence-corrected chi connectivity index (χ2v) is 7.82. The van der Waals surface area contributed by atoms with Crippen molar-refractivity contribution in [3.8, 4) is 23.3 Å². The summed E-state index contributed by atoms with van der Waals surface area (Å²) in [6.45, 7) is 2.35. The summed E-state index contributed by atoms with van der Waals surface area (Å²) >= 11 is 0. The van der Waals surface area contributed by atoms with Gasteiger partial charge in [-0.05, 0) is 24.3 Å². The van der Waals surface area contributed by atoms with E-state index in [1.54, 1.807) is 19.2 Å². The van der Waals surface area contributed by atoms with Gasteiger partial charge in [-0.15, -0.1) is 0 Å². The van der Waals surface area contributed by atoms with E-state index in [0.717, 1.165) is 53.3 Å². The molecule has 1 aliphatic rings. The lowest BCUT2D eigenvalue weighted by atomic mass is 10.1. The van der Waals surface area contributed by atoms with Crippen molar-refractivity contribution in [2.24, 2.45) is 7.05 Å². The number of carbonyl (C=O) groups excluding carboxylic acids is 1. The summed E-state index contributed by atoms with van der Waals surface area (Å²) in [6, 6.07) is 14.1. The van der Waals surface area contributed by atoms with E-state index >= 15 is 0 Å². The van der Waals surface area contributed by atoms with Crippen molar-refractivity contribution in [2.45, 2.75) is 13.0 Å². The standard InChI is InChI=1S/C24H23N5O3/c1-27-22-17(12-16(24(30)32-3)14-20(22)31-2)26-23(27)19-13-15-6-4-7-18-21(15)29(19)11-10-28(18)9-5-8-25/h4,6-7,12-14H,5,9-11H2,1-3H3. The number of aromatic nitrogens is 3. The van der Waals surface area contributed by atoms with Crippen molar-refractivity contribution in [1.29, 1.82) is 5.26 Å². The molecule has 0 N–H and O–H groups in total. The summed E-state index contributed by atoms with van der Waals surface area (Å²) in [5.74, 6) is 0.943. The van der Waals surface area contributed by atoms with Crippen LogP contribution < -0.4 is 9.64 Å². The van der Waals surface area contributed by atoms with E-state index in [9.17, 15) is 4.79 Å². The first-order chi connectivity index (χ1) is 15.6. The third-order valence-corrected chi connectivity index (χ3v) is 6.13.